The molecule has 0 aliphatic heterocycles. The van der Waals surface area contributed by atoms with E-state index < -0.39 is 0 Å². The lowest BCUT2D eigenvalue weighted by molar-refractivity contribution is 0.620. The normalized spacial score (nSPS) is 9.25. The number of hydrogen-bond donors (Lipinski definition) is 0. The lowest BCUT2D eigenvalue weighted by Gasteiger charge is -1.87. The average molecular weight is 221 g/mol. The summed E-state index contributed by atoms with van der Waals surface area (Å²) in [7, 11) is 0. The monoisotopic (exact) mass is 221 g/mol. The van der Waals surface area contributed by atoms with Crippen molar-refractivity contribution in [3.63, 3.8) is 0 Å². The van der Waals surface area contributed by atoms with Crippen LogP contribution in [-0.2, 0) is 0 Å². The summed E-state index contributed by atoms with van der Waals surface area (Å²) in [6, 6.07) is 9.42. The topological polar surface area (TPSA) is 12.9 Å². The smallest absolute Gasteiger partial charge is 0.141 e. The molecule has 2 rings (SSSR count). The third kappa shape index (κ3) is 4.64. The molecule has 16 heavy (non-hydrogen) atoms. The third-order valence-electron chi connectivity index (χ3n) is 1.89. The molecule has 2 aromatic rings. The first-order valence-corrected chi connectivity index (χ1v) is 4.88. The number of aromatic nitrogens is 1. The Balaban J connectivity index is 0.000000160. The highest BCUT2D eigenvalue weighted by Crippen LogP contribution is 1.99. The summed E-state index contributed by atoms with van der Waals surface area (Å²) in [6.45, 7) is 3.75. The minimum atomic E-state index is -0.282. The molecule has 1 aromatic heterocycles. The van der Waals surface area contributed by atoms with E-state index in [0.29, 0.717) is 0 Å². The van der Waals surface area contributed by atoms with Gasteiger partial charge in [-0.05, 0) is 38.1 Å². The number of hydrogen-bond acceptors (Lipinski definition) is 1. The van der Waals surface area contributed by atoms with Gasteiger partial charge < -0.3 is 0 Å². The zero-order valence-corrected chi connectivity index (χ0v) is 9.24. The summed E-state index contributed by atoms with van der Waals surface area (Å²) in [5.74, 6) is -0.453. The van der Waals surface area contributed by atoms with Crippen molar-refractivity contribution < 1.29 is 8.78 Å². The predicted octanol–water partition coefficient (Wildman–Crippen LogP) is 3.66. The van der Waals surface area contributed by atoms with Gasteiger partial charge in [-0.3, -0.25) is 4.98 Å². The lowest BCUT2D eigenvalue weighted by atomic mass is 10.2. The summed E-state index contributed by atoms with van der Waals surface area (Å²) in [6.07, 6.45) is 1.20. The first kappa shape index (κ1) is 12.3. The van der Waals surface area contributed by atoms with Crippen LogP contribution in [0, 0.1) is 25.5 Å². The summed E-state index contributed by atoms with van der Waals surface area (Å²) in [5, 5.41) is 0. The van der Waals surface area contributed by atoms with Gasteiger partial charge in [-0.15, -0.1) is 0 Å². The molecular formula is C13H13F2N. The SMILES string of the molecule is Cc1ccc(F)cc1.Cc1ccc(F)cn1. The molecule has 0 N–H and O–H groups in total. The van der Waals surface area contributed by atoms with Crippen LogP contribution >= 0.6 is 0 Å². The van der Waals surface area contributed by atoms with Crippen molar-refractivity contribution in [2.24, 2.45) is 0 Å². The van der Waals surface area contributed by atoms with Crippen LogP contribution in [-0.4, -0.2) is 4.98 Å². The zero-order chi connectivity index (χ0) is 12.0. The second-order valence-corrected chi connectivity index (χ2v) is 3.41. The molecule has 1 nitrogen and oxygen atoms in total. The Kier molecular flexibility index (Phi) is 4.58. The van der Waals surface area contributed by atoms with Crippen molar-refractivity contribution in [1.82, 2.24) is 4.98 Å². The highest BCUT2D eigenvalue weighted by atomic mass is 19.1. The molecule has 0 aliphatic carbocycles. The number of halogens is 2. The number of benzene rings is 1. The minimum Gasteiger partial charge on any atom is -0.259 e. The Hall–Kier alpha value is -1.77. The molecule has 1 aromatic carbocycles. The van der Waals surface area contributed by atoms with Gasteiger partial charge >= 0.3 is 0 Å². The first-order chi connectivity index (χ1) is 7.58. The van der Waals surface area contributed by atoms with E-state index in [0.717, 1.165) is 11.3 Å². The molecule has 0 amide bonds. The predicted molar refractivity (Wildman–Crippen MR) is 60.1 cm³/mol. The van der Waals surface area contributed by atoms with Crippen LogP contribution in [0.15, 0.2) is 42.6 Å². The van der Waals surface area contributed by atoms with Crippen LogP contribution < -0.4 is 0 Å². The highest BCUT2D eigenvalue weighted by Gasteiger charge is 1.85. The molecule has 0 saturated carbocycles. The Morgan fingerprint density at radius 2 is 1.38 bits per heavy atom. The first-order valence-electron chi connectivity index (χ1n) is 4.88. The van der Waals surface area contributed by atoms with Gasteiger partial charge in [-0.1, -0.05) is 17.7 Å². The second kappa shape index (κ2) is 5.95. The number of aryl methyl sites for hydroxylation is 2. The third-order valence-corrected chi connectivity index (χ3v) is 1.89. The fourth-order valence-electron chi connectivity index (χ4n) is 0.983. The molecule has 0 fully saturated rings. The zero-order valence-electron chi connectivity index (χ0n) is 9.24. The maximum Gasteiger partial charge on any atom is 0.141 e. The van der Waals surface area contributed by atoms with Crippen molar-refractivity contribution >= 4 is 0 Å². The molecule has 0 radical (unpaired) electrons. The van der Waals surface area contributed by atoms with Gasteiger partial charge in [-0.2, -0.15) is 0 Å². The van der Waals surface area contributed by atoms with E-state index in [-0.39, 0.29) is 11.6 Å². The van der Waals surface area contributed by atoms with Crippen LogP contribution in [0.2, 0.25) is 0 Å². The van der Waals surface area contributed by atoms with Gasteiger partial charge in [0.25, 0.3) is 0 Å². The van der Waals surface area contributed by atoms with Crippen LogP contribution in [0.5, 0.6) is 0 Å². The van der Waals surface area contributed by atoms with Crippen LogP contribution in [0.3, 0.4) is 0 Å². The van der Waals surface area contributed by atoms with Crippen LogP contribution in [0.1, 0.15) is 11.3 Å². The van der Waals surface area contributed by atoms with E-state index >= 15 is 0 Å². The highest BCUT2D eigenvalue weighted by molar-refractivity contribution is 5.13. The standard InChI is InChI=1S/C7H7F.C6H6FN/c1-6-2-4-7(8)5-3-6;1-5-2-3-6(7)4-8-5/h2-5H,1H3;2-4H,1H3. The van der Waals surface area contributed by atoms with E-state index in [9.17, 15) is 8.78 Å². The Morgan fingerprint density at radius 3 is 1.75 bits per heavy atom. The number of nitrogens with zero attached hydrogens (tertiary/aromatic N) is 1. The summed E-state index contributed by atoms with van der Waals surface area (Å²) >= 11 is 0. The average Bonchev–Trinajstić information content (AvgIpc) is 2.28. The van der Waals surface area contributed by atoms with Gasteiger partial charge in [0.2, 0.25) is 0 Å². The van der Waals surface area contributed by atoms with Crippen molar-refractivity contribution in [3.05, 3.63) is 65.5 Å². The number of rotatable bonds is 0. The van der Waals surface area contributed by atoms with Crippen LogP contribution in [0.4, 0.5) is 8.78 Å². The van der Waals surface area contributed by atoms with Gasteiger partial charge in [0.1, 0.15) is 11.6 Å². The summed E-state index contributed by atoms with van der Waals surface area (Å²) < 4.78 is 24.1. The van der Waals surface area contributed by atoms with Gasteiger partial charge in [0.05, 0.1) is 6.20 Å². The minimum absolute atomic E-state index is 0.171. The molecule has 84 valence electrons. The van der Waals surface area contributed by atoms with E-state index in [1.165, 1.54) is 24.4 Å². The largest absolute Gasteiger partial charge is 0.259 e. The maximum atomic E-state index is 12.1. The Labute approximate surface area is 93.8 Å². The van der Waals surface area contributed by atoms with E-state index in [1.54, 1.807) is 18.2 Å². The van der Waals surface area contributed by atoms with Crippen molar-refractivity contribution in [1.29, 1.82) is 0 Å². The van der Waals surface area contributed by atoms with E-state index in [4.69, 9.17) is 0 Å². The Bertz CT molecular complexity index is 335. The fourth-order valence-corrected chi connectivity index (χ4v) is 0.983. The van der Waals surface area contributed by atoms with Gasteiger partial charge in [0, 0.05) is 5.69 Å². The molecule has 0 aliphatic rings. The maximum absolute atomic E-state index is 12.1. The van der Waals surface area contributed by atoms with E-state index in [1.807, 2.05) is 13.8 Å². The molecule has 0 saturated heterocycles. The summed E-state index contributed by atoms with van der Waals surface area (Å²) in [4.78, 5) is 3.70. The molecule has 0 spiro atoms. The molecule has 1 heterocycles. The van der Waals surface area contributed by atoms with Gasteiger partial charge in [-0.25, -0.2) is 8.78 Å². The van der Waals surface area contributed by atoms with Gasteiger partial charge in [0.15, 0.2) is 0 Å². The van der Waals surface area contributed by atoms with Crippen molar-refractivity contribution in [2.45, 2.75) is 13.8 Å². The van der Waals surface area contributed by atoms with Crippen molar-refractivity contribution in [3.8, 4) is 0 Å². The molecule has 0 unspecified atom stereocenters. The lowest BCUT2D eigenvalue weighted by Crippen LogP contribution is -1.79. The number of pyridine rings is 1. The second-order valence-electron chi connectivity index (χ2n) is 3.41. The van der Waals surface area contributed by atoms with E-state index in [2.05, 4.69) is 4.98 Å². The summed E-state index contributed by atoms with van der Waals surface area (Å²) in [5.41, 5.74) is 1.93. The quantitative estimate of drug-likeness (QED) is 0.661. The van der Waals surface area contributed by atoms with Crippen LogP contribution in [0.25, 0.3) is 0 Å². The van der Waals surface area contributed by atoms with Crippen molar-refractivity contribution in [2.75, 3.05) is 0 Å². The molecular weight excluding hydrogens is 208 g/mol. The molecule has 0 atom stereocenters. The fraction of sp³-hybridized carbons (Fsp3) is 0.154. The molecule has 0 bridgehead atoms. The Morgan fingerprint density at radius 1 is 0.812 bits per heavy atom. The molecule has 3 heteroatoms.